The normalized spacial score (nSPS) is 14.2. The summed E-state index contributed by atoms with van der Waals surface area (Å²) < 4.78 is 5.52. The van der Waals surface area contributed by atoms with Crippen LogP contribution in [0.3, 0.4) is 0 Å². The summed E-state index contributed by atoms with van der Waals surface area (Å²) in [5.74, 6) is -1.78. The van der Waals surface area contributed by atoms with Gasteiger partial charge in [-0.3, -0.25) is 4.79 Å². The fourth-order valence-electron chi connectivity index (χ4n) is 3.95. The number of nitrogens with zero attached hydrogens (tertiary/aromatic N) is 1. The molecule has 1 unspecified atom stereocenters. The van der Waals surface area contributed by atoms with Gasteiger partial charge in [0.15, 0.2) is 0 Å². The van der Waals surface area contributed by atoms with Crippen molar-refractivity contribution in [2.45, 2.75) is 31.3 Å². The van der Waals surface area contributed by atoms with Gasteiger partial charge in [-0.1, -0.05) is 55.5 Å². The molecule has 32 heavy (non-hydrogen) atoms. The molecule has 0 aliphatic heterocycles. The standard InChI is InChI=1S/C24H29N3O5/c1-4-20(23(29)30)25-22(28)21(13-27(2)3)26-24(31)32-14-19-17-11-7-5-9-15(17)16-10-6-8-12-18(16)19/h5-12,19-21H,4,13-14H2,1-3H3,(H,25,28)(H,26,31)(H,29,30)/t20-,21?/m1/s1. The highest BCUT2D eigenvalue weighted by molar-refractivity contribution is 5.89. The Labute approximate surface area is 187 Å². The average molecular weight is 440 g/mol. The molecule has 0 aromatic heterocycles. The lowest BCUT2D eigenvalue weighted by Gasteiger charge is -2.23. The van der Waals surface area contributed by atoms with E-state index in [0.29, 0.717) is 0 Å². The zero-order valence-corrected chi connectivity index (χ0v) is 18.5. The van der Waals surface area contributed by atoms with Crippen LogP contribution in [0.25, 0.3) is 11.1 Å². The molecule has 2 aromatic carbocycles. The summed E-state index contributed by atoms with van der Waals surface area (Å²) in [5, 5.41) is 14.2. The number of carboxylic acids is 1. The van der Waals surface area contributed by atoms with Gasteiger partial charge in [0, 0.05) is 12.5 Å². The van der Waals surface area contributed by atoms with Gasteiger partial charge in [0.05, 0.1) is 0 Å². The zero-order chi connectivity index (χ0) is 23.3. The van der Waals surface area contributed by atoms with E-state index < -0.39 is 30.1 Å². The number of hydrogen-bond acceptors (Lipinski definition) is 5. The molecule has 1 aliphatic rings. The van der Waals surface area contributed by atoms with Gasteiger partial charge in [-0.15, -0.1) is 0 Å². The van der Waals surface area contributed by atoms with Crippen LogP contribution in [0.15, 0.2) is 48.5 Å². The van der Waals surface area contributed by atoms with E-state index in [9.17, 15) is 19.5 Å². The van der Waals surface area contributed by atoms with Crippen molar-refractivity contribution >= 4 is 18.0 Å². The molecular formula is C24H29N3O5. The van der Waals surface area contributed by atoms with E-state index in [-0.39, 0.29) is 25.5 Å². The van der Waals surface area contributed by atoms with E-state index >= 15 is 0 Å². The molecular weight excluding hydrogens is 410 g/mol. The second kappa shape index (κ2) is 10.3. The Hall–Kier alpha value is -3.39. The zero-order valence-electron chi connectivity index (χ0n) is 18.5. The Kier molecular flexibility index (Phi) is 7.48. The highest BCUT2D eigenvalue weighted by Gasteiger charge is 2.30. The average Bonchev–Trinajstić information content (AvgIpc) is 3.08. The Morgan fingerprint density at radius 1 is 0.969 bits per heavy atom. The number of benzene rings is 2. The van der Waals surface area contributed by atoms with Gasteiger partial charge in [-0.05, 0) is 42.8 Å². The number of nitrogens with one attached hydrogen (secondary N) is 2. The lowest BCUT2D eigenvalue weighted by Crippen LogP contribution is -2.55. The fraction of sp³-hybridized carbons (Fsp3) is 0.375. The van der Waals surface area contributed by atoms with Crippen LogP contribution in [0.1, 0.15) is 30.4 Å². The van der Waals surface area contributed by atoms with Crippen LogP contribution in [0.2, 0.25) is 0 Å². The largest absolute Gasteiger partial charge is 0.480 e. The van der Waals surface area contributed by atoms with Crippen molar-refractivity contribution in [2.24, 2.45) is 0 Å². The Balaban J connectivity index is 1.67. The Bertz CT molecular complexity index is 946. The van der Waals surface area contributed by atoms with E-state index in [2.05, 4.69) is 22.8 Å². The summed E-state index contributed by atoms with van der Waals surface area (Å²) in [5.41, 5.74) is 4.44. The van der Waals surface area contributed by atoms with Crippen molar-refractivity contribution in [1.29, 1.82) is 0 Å². The smallest absolute Gasteiger partial charge is 0.407 e. The van der Waals surface area contributed by atoms with Gasteiger partial charge in [0.25, 0.3) is 0 Å². The molecule has 0 saturated heterocycles. The number of carbonyl (C=O) groups excluding carboxylic acids is 2. The molecule has 170 valence electrons. The van der Waals surface area contributed by atoms with Crippen LogP contribution in [0.5, 0.6) is 0 Å². The highest BCUT2D eigenvalue weighted by atomic mass is 16.5. The molecule has 0 spiro atoms. The third-order valence-corrected chi connectivity index (χ3v) is 5.52. The van der Waals surface area contributed by atoms with Gasteiger partial charge in [-0.2, -0.15) is 0 Å². The number of rotatable bonds is 9. The maximum absolute atomic E-state index is 12.6. The van der Waals surface area contributed by atoms with Crippen LogP contribution < -0.4 is 10.6 Å². The number of carboxylic acid groups (broad SMARTS) is 1. The van der Waals surface area contributed by atoms with E-state index in [1.54, 1.807) is 25.9 Å². The van der Waals surface area contributed by atoms with Gasteiger partial charge in [-0.25, -0.2) is 9.59 Å². The summed E-state index contributed by atoms with van der Waals surface area (Å²) in [7, 11) is 3.52. The Morgan fingerprint density at radius 3 is 2.03 bits per heavy atom. The predicted octanol–water partition coefficient (Wildman–Crippen LogP) is 2.43. The molecule has 8 heteroatoms. The number of hydrogen-bond donors (Lipinski definition) is 3. The monoisotopic (exact) mass is 439 g/mol. The van der Waals surface area contributed by atoms with Crippen LogP contribution in [0.4, 0.5) is 4.79 Å². The van der Waals surface area contributed by atoms with Crippen molar-refractivity contribution in [1.82, 2.24) is 15.5 Å². The molecule has 2 aromatic rings. The minimum atomic E-state index is -1.12. The molecule has 0 heterocycles. The molecule has 2 amide bonds. The number of likely N-dealkylation sites (N-methyl/N-ethyl adjacent to an activating group) is 1. The third kappa shape index (κ3) is 5.26. The summed E-state index contributed by atoms with van der Waals surface area (Å²) in [6, 6.07) is 14.1. The van der Waals surface area contributed by atoms with Crippen molar-refractivity contribution in [2.75, 3.05) is 27.2 Å². The lowest BCUT2D eigenvalue weighted by molar-refractivity contribution is -0.142. The minimum absolute atomic E-state index is 0.0919. The first-order chi connectivity index (χ1) is 15.3. The maximum atomic E-state index is 12.6. The molecule has 0 radical (unpaired) electrons. The van der Waals surface area contributed by atoms with Crippen LogP contribution in [-0.2, 0) is 14.3 Å². The number of carbonyl (C=O) groups is 3. The summed E-state index contributed by atoms with van der Waals surface area (Å²) >= 11 is 0. The quantitative estimate of drug-likeness (QED) is 0.554. The van der Waals surface area contributed by atoms with Crippen molar-refractivity contribution < 1.29 is 24.2 Å². The van der Waals surface area contributed by atoms with Crippen molar-refractivity contribution in [3.63, 3.8) is 0 Å². The topological polar surface area (TPSA) is 108 Å². The molecule has 1 aliphatic carbocycles. The lowest BCUT2D eigenvalue weighted by atomic mass is 9.98. The first-order valence-electron chi connectivity index (χ1n) is 10.6. The molecule has 3 rings (SSSR count). The van der Waals surface area contributed by atoms with Crippen LogP contribution in [-0.4, -0.2) is 67.3 Å². The molecule has 0 bridgehead atoms. The second-order valence-electron chi connectivity index (χ2n) is 8.09. The van der Waals surface area contributed by atoms with E-state index in [1.165, 1.54) is 0 Å². The molecule has 8 nitrogen and oxygen atoms in total. The summed E-state index contributed by atoms with van der Waals surface area (Å²) in [4.78, 5) is 38.1. The molecule has 3 N–H and O–H groups in total. The first kappa shape index (κ1) is 23.3. The Morgan fingerprint density at radius 2 is 1.53 bits per heavy atom. The van der Waals surface area contributed by atoms with Crippen molar-refractivity contribution in [3.05, 3.63) is 59.7 Å². The SMILES string of the molecule is CC[C@@H](NC(=O)C(CN(C)C)NC(=O)OCC1c2ccccc2-c2ccccc21)C(=O)O. The van der Waals surface area contributed by atoms with Gasteiger partial charge in [0.1, 0.15) is 18.7 Å². The second-order valence-corrected chi connectivity index (χ2v) is 8.09. The van der Waals surface area contributed by atoms with E-state index in [0.717, 1.165) is 22.3 Å². The number of aliphatic carboxylic acids is 1. The van der Waals surface area contributed by atoms with Crippen LogP contribution >= 0.6 is 0 Å². The highest BCUT2D eigenvalue weighted by Crippen LogP contribution is 2.44. The summed E-state index contributed by atoms with van der Waals surface area (Å²) in [6.45, 7) is 1.99. The fourth-order valence-corrected chi connectivity index (χ4v) is 3.95. The number of fused-ring (bicyclic) bond motifs is 3. The van der Waals surface area contributed by atoms with Crippen molar-refractivity contribution in [3.8, 4) is 11.1 Å². The van der Waals surface area contributed by atoms with E-state index in [1.807, 2.05) is 36.4 Å². The third-order valence-electron chi connectivity index (χ3n) is 5.52. The van der Waals surface area contributed by atoms with Gasteiger partial charge in [0.2, 0.25) is 5.91 Å². The summed E-state index contributed by atoms with van der Waals surface area (Å²) in [6.07, 6.45) is -0.488. The number of amides is 2. The molecule has 2 atom stereocenters. The predicted molar refractivity (Wildman–Crippen MR) is 120 cm³/mol. The molecule has 0 fully saturated rings. The minimum Gasteiger partial charge on any atom is -0.480 e. The first-order valence-corrected chi connectivity index (χ1v) is 10.6. The maximum Gasteiger partial charge on any atom is 0.407 e. The van der Waals surface area contributed by atoms with Gasteiger partial charge >= 0.3 is 12.1 Å². The van der Waals surface area contributed by atoms with Gasteiger partial charge < -0.3 is 25.4 Å². The number of ether oxygens (including phenoxy) is 1. The van der Waals surface area contributed by atoms with Crippen LogP contribution in [0, 0.1) is 0 Å². The number of alkyl carbamates (subject to hydrolysis) is 1. The van der Waals surface area contributed by atoms with E-state index in [4.69, 9.17) is 4.74 Å². The molecule has 0 saturated carbocycles.